The Bertz CT molecular complexity index is 175. The second-order valence-corrected chi connectivity index (χ2v) is 4.70. The average Bonchev–Trinajstić information content (AvgIpc) is 2.08. The molecule has 0 spiro atoms. The van der Waals surface area contributed by atoms with E-state index in [4.69, 9.17) is 4.74 Å². The fraction of sp³-hybridized carbons (Fsp3) is 0.909. The van der Waals surface area contributed by atoms with Gasteiger partial charge in [-0.2, -0.15) is 0 Å². The van der Waals surface area contributed by atoms with Crippen molar-refractivity contribution in [2.45, 2.75) is 52.6 Å². The molecule has 1 saturated carbocycles. The summed E-state index contributed by atoms with van der Waals surface area (Å²) < 4.78 is 5.22. The molecule has 2 heteroatoms. The minimum Gasteiger partial charge on any atom is -0.464 e. The van der Waals surface area contributed by atoms with E-state index in [1.807, 2.05) is 0 Å². The van der Waals surface area contributed by atoms with E-state index in [0.717, 1.165) is 6.42 Å². The molecule has 1 aliphatic carbocycles. The van der Waals surface area contributed by atoms with E-state index in [1.165, 1.54) is 19.3 Å². The summed E-state index contributed by atoms with van der Waals surface area (Å²) in [6.07, 6.45) is 4.89. The zero-order chi connectivity index (χ0) is 9.90. The molecule has 2 nitrogen and oxygen atoms in total. The summed E-state index contributed by atoms with van der Waals surface area (Å²) in [5, 5.41) is 0. The number of carbonyl (C=O) groups excluding carboxylic acids is 1. The van der Waals surface area contributed by atoms with Crippen LogP contribution in [0.5, 0.6) is 0 Å². The molecule has 1 fully saturated rings. The van der Waals surface area contributed by atoms with Crippen molar-refractivity contribution in [2.75, 3.05) is 0 Å². The Labute approximate surface area is 80.7 Å². The highest BCUT2D eigenvalue weighted by molar-refractivity contribution is 5.37. The van der Waals surface area contributed by atoms with Crippen LogP contribution in [0.3, 0.4) is 0 Å². The van der Waals surface area contributed by atoms with Gasteiger partial charge in [0.05, 0.1) is 0 Å². The topological polar surface area (TPSA) is 26.3 Å². The van der Waals surface area contributed by atoms with Crippen LogP contribution >= 0.6 is 0 Å². The highest BCUT2D eigenvalue weighted by Crippen LogP contribution is 2.41. The Morgan fingerprint density at radius 2 is 2.23 bits per heavy atom. The Balaban J connectivity index is 2.70. The van der Waals surface area contributed by atoms with Gasteiger partial charge >= 0.3 is 0 Å². The van der Waals surface area contributed by atoms with Crippen molar-refractivity contribution >= 4 is 6.47 Å². The highest BCUT2D eigenvalue weighted by Gasteiger charge is 2.39. The monoisotopic (exact) mass is 184 g/mol. The molecule has 0 heterocycles. The molecule has 0 aromatic rings. The van der Waals surface area contributed by atoms with Crippen LogP contribution in [0.1, 0.15) is 46.5 Å². The molecule has 0 bridgehead atoms. The van der Waals surface area contributed by atoms with Crippen LogP contribution < -0.4 is 0 Å². The average molecular weight is 184 g/mol. The van der Waals surface area contributed by atoms with Crippen LogP contribution in [-0.4, -0.2) is 12.6 Å². The minimum atomic E-state index is 0.128. The lowest BCUT2D eigenvalue weighted by Gasteiger charge is -2.42. The molecule has 76 valence electrons. The Kier molecular flexibility index (Phi) is 3.34. The van der Waals surface area contributed by atoms with Crippen LogP contribution in [-0.2, 0) is 9.53 Å². The second-order valence-electron chi connectivity index (χ2n) is 4.70. The summed E-state index contributed by atoms with van der Waals surface area (Å²) in [6, 6.07) is 0. The molecule has 1 aliphatic rings. The van der Waals surface area contributed by atoms with Crippen molar-refractivity contribution in [3.63, 3.8) is 0 Å². The normalized spacial score (nSPS) is 32.5. The first kappa shape index (κ1) is 10.6. The summed E-state index contributed by atoms with van der Waals surface area (Å²) in [6.45, 7) is 7.18. The summed E-state index contributed by atoms with van der Waals surface area (Å²) in [4.78, 5) is 10.4. The Morgan fingerprint density at radius 1 is 1.54 bits per heavy atom. The van der Waals surface area contributed by atoms with Crippen molar-refractivity contribution in [3.05, 3.63) is 0 Å². The largest absolute Gasteiger partial charge is 0.464 e. The number of carbonyl (C=O) groups is 1. The molecule has 1 rings (SSSR count). The molecule has 0 radical (unpaired) electrons. The zero-order valence-corrected chi connectivity index (χ0v) is 8.88. The van der Waals surface area contributed by atoms with E-state index in [9.17, 15) is 4.79 Å². The third-order valence-electron chi connectivity index (χ3n) is 3.32. The van der Waals surface area contributed by atoms with Crippen LogP contribution in [0.2, 0.25) is 0 Å². The fourth-order valence-corrected chi connectivity index (χ4v) is 2.52. The first-order valence-corrected chi connectivity index (χ1v) is 5.21. The molecular weight excluding hydrogens is 164 g/mol. The number of rotatable bonds is 3. The lowest BCUT2D eigenvalue weighted by molar-refractivity contribution is -0.148. The molecule has 13 heavy (non-hydrogen) atoms. The molecule has 0 amide bonds. The van der Waals surface area contributed by atoms with E-state index < -0.39 is 0 Å². The van der Waals surface area contributed by atoms with Crippen LogP contribution in [0.25, 0.3) is 0 Å². The van der Waals surface area contributed by atoms with E-state index in [0.29, 0.717) is 12.4 Å². The van der Waals surface area contributed by atoms with Crippen molar-refractivity contribution < 1.29 is 9.53 Å². The third kappa shape index (κ3) is 2.23. The molecule has 0 saturated heterocycles. The maximum absolute atomic E-state index is 10.4. The maximum atomic E-state index is 10.4. The smallest absolute Gasteiger partial charge is 0.293 e. The summed E-state index contributed by atoms with van der Waals surface area (Å²) >= 11 is 0. The van der Waals surface area contributed by atoms with Crippen molar-refractivity contribution in [2.24, 2.45) is 11.3 Å². The maximum Gasteiger partial charge on any atom is 0.293 e. The zero-order valence-electron chi connectivity index (χ0n) is 8.88. The molecule has 2 atom stereocenters. The Morgan fingerprint density at radius 3 is 2.77 bits per heavy atom. The second kappa shape index (κ2) is 4.12. The lowest BCUT2D eigenvalue weighted by Crippen LogP contribution is -2.41. The quantitative estimate of drug-likeness (QED) is 0.630. The third-order valence-corrected chi connectivity index (χ3v) is 3.32. The first-order chi connectivity index (χ1) is 6.11. The number of hydrogen-bond acceptors (Lipinski definition) is 2. The number of ether oxygens (including phenoxy) is 1. The standard InChI is InChI=1S/C11H20O2/c1-4-9-6-5-7-11(2,3)10(9)13-8-12/h8-10H,4-7H2,1-3H3. The van der Waals surface area contributed by atoms with Gasteiger partial charge in [0.25, 0.3) is 6.47 Å². The van der Waals surface area contributed by atoms with E-state index in [-0.39, 0.29) is 11.5 Å². The van der Waals surface area contributed by atoms with Gasteiger partial charge in [-0.15, -0.1) is 0 Å². The van der Waals surface area contributed by atoms with E-state index in [2.05, 4.69) is 20.8 Å². The first-order valence-electron chi connectivity index (χ1n) is 5.21. The molecule has 0 aromatic heterocycles. The lowest BCUT2D eigenvalue weighted by atomic mass is 9.69. The minimum absolute atomic E-state index is 0.128. The SMILES string of the molecule is CCC1CCCC(C)(C)C1OC=O. The van der Waals surface area contributed by atoms with Crippen LogP contribution in [0, 0.1) is 11.3 Å². The van der Waals surface area contributed by atoms with Gasteiger partial charge in [0.15, 0.2) is 0 Å². The van der Waals surface area contributed by atoms with E-state index >= 15 is 0 Å². The van der Waals surface area contributed by atoms with Crippen molar-refractivity contribution in [1.29, 1.82) is 0 Å². The van der Waals surface area contributed by atoms with Crippen LogP contribution in [0.4, 0.5) is 0 Å². The highest BCUT2D eigenvalue weighted by atomic mass is 16.5. The molecular formula is C11H20O2. The fourth-order valence-electron chi connectivity index (χ4n) is 2.52. The van der Waals surface area contributed by atoms with Crippen molar-refractivity contribution in [1.82, 2.24) is 0 Å². The summed E-state index contributed by atoms with van der Waals surface area (Å²) in [5.74, 6) is 0.564. The number of hydrogen-bond donors (Lipinski definition) is 0. The summed E-state index contributed by atoms with van der Waals surface area (Å²) in [7, 11) is 0. The van der Waals surface area contributed by atoms with Gasteiger partial charge in [-0.1, -0.05) is 27.2 Å². The predicted molar refractivity (Wildman–Crippen MR) is 52.4 cm³/mol. The van der Waals surface area contributed by atoms with Gasteiger partial charge in [-0.3, -0.25) is 4.79 Å². The van der Waals surface area contributed by atoms with Crippen LogP contribution in [0.15, 0.2) is 0 Å². The molecule has 0 N–H and O–H groups in total. The molecule has 0 aromatic carbocycles. The van der Waals surface area contributed by atoms with E-state index in [1.54, 1.807) is 0 Å². The predicted octanol–water partition coefficient (Wildman–Crippen LogP) is 2.76. The Hall–Kier alpha value is -0.530. The van der Waals surface area contributed by atoms with Gasteiger partial charge in [-0.25, -0.2) is 0 Å². The van der Waals surface area contributed by atoms with Gasteiger partial charge in [-0.05, 0) is 25.2 Å². The van der Waals surface area contributed by atoms with Gasteiger partial charge in [0, 0.05) is 5.41 Å². The van der Waals surface area contributed by atoms with Gasteiger partial charge in [0.1, 0.15) is 6.10 Å². The van der Waals surface area contributed by atoms with Gasteiger partial charge < -0.3 is 4.74 Å². The van der Waals surface area contributed by atoms with Crippen molar-refractivity contribution in [3.8, 4) is 0 Å². The molecule has 2 unspecified atom stereocenters. The summed E-state index contributed by atoms with van der Waals surface area (Å²) in [5.41, 5.74) is 0.167. The van der Waals surface area contributed by atoms with Gasteiger partial charge in [0.2, 0.25) is 0 Å². The molecule has 0 aliphatic heterocycles.